The number of likely N-dealkylation sites (N-methyl/N-ethyl adjacent to an activating group) is 4. The van der Waals surface area contributed by atoms with Crippen molar-refractivity contribution in [2.24, 2.45) is 23.7 Å². The highest BCUT2D eigenvalue weighted by atomic mass is 16.6. The van der Waals surface area contributed by atoms with Gasteiger partial charge in [-0.3, -0.25) is 52.8 Å². The Morgan fingerprint density at radius 2 is 1.17 bits per heavy atom. The van der Waals surface area contributed by atoms with Gasteiger partial charge in [-0.2, -0.15) is 0 Å². The molecule has 5 heterocycles. The monoisotopic (exact) mass is 1260 g/mol. The number of hydrogen-bond acceptors (Lipinski definition) is 19. The van der Waals surface area contributed by atoms with E-state index in [0.29, 0.717) is 24.8 Å². The highest BCUT2D eigenvalue weighted by molar-refractivity contribution is 6.10. The number of aliphatic hydroxyl groups excluding tert-OH is 1. The number of ether oxygens (including phenoxy) is 2. The summed E-state index contributed by atoms with van der Waals surface area (Å²) in [6.07, 6.45) is -2.94. The van der Waals surface area contributed by atoms with E-state index in [-0.39, 0.29) is 53.2 Å². The Labute approximate surface area is 522 Å². The fourth-order valence-electron chi connectivity index (χ4n) is 12.5. The summed E-state index contributed by atoms with van der Waals surface area (Å²) in [5.74, 6) is -11.4. The van der Waals surface area contributed by atoms with Crippen LogP contribution in [0.4, 0.5) is 5.69 Å². The minimum atomic E-state index is -1.88. The lowest BCUT2D eigenvalue weighted by Crippen LogP contribution is -2.62. The van der Waals surface area contributed by atoms with Crippen LogP contribution in [-0.4, -0.2) is 226 Å². The largest absolute Gasteiger partial charge is 0.458 e. The zero-order valence-electron chi connectivity index (χ0n) is 54.3. The van der Waals surface area contributed by atoms with Crippen LogP contribution in [0.3, 0.4) is 0 Å². The Morgan fingerprint density at radius 1 is 0.667 bits per heavy atom. The highest BCUT2D eigenvalue weighted by Crippen LogP contribution is 2.35. The maximum atomic E-state index is 15.2. The van der Waals surface area contributed by atoms with Crippen LogP contribution >= 0.6 is 0 Å². The summed E-state index contributed by atoms with van der Waals surface area (Å²) in [7, 11) is 5.63. The second kappa shape index (κ2) is 27.9. The summed E-state index contributed by atoms with van der Waals surface area (Å²) in [5.41, 5.74) is 3.67. The molecule has 1 aromatic carbocycles. The SMILES string of the molecule is Cc1c2oc3c(C)ccc(C(=O)N[C@@H]4C(=O)N[C@H](C(C)C)C(O)N5CCC[C@H]5C(=O)N(C)CC(=O)N(C)[C@@H](C(C)C)C(=O)O[C@H]4C)c3nc-2c(C(=O)N[C@@H]2C(=O)N[C@H](C(C)C)C(=O)N3CCC[C@H]3C(=O)N(C)CC(=O)N(C)[C@@H](C(C)C)C(=O)O[C@H]2C)c(N)c1=O. The van der Waals surface area contributed by atoms with Gasteiger partial charge < -0.3 is 70.5 Å². The van der Waals surface area contributed by atoms with Gasteiger partial charge in [0, 0.05) is 46.8 Å². The van der Waals surface area contributed by atoms with Crippen molar-refractivity contribution in [3.05, 3.63) is 44.6 Å². The van der Waals surface area contributed by atoms with E-state index in [2.05, 4.69) is 21.3 Å². The van der Waals surface area contributed by atoms with E-state index in [9.17, 15) is 53.1 Å². The Kier molecular flexibility index (Phi) is 21.4. The molecular formula is C62H88N12O16. The van der Waals surface area contributed by atoms with Crippen molar-refractivity contribution in [2.75, 3.05) is 60.1 Å². The zero-order valence-corrected chi connectivity index (χ0v) is 54.3. The number of amides is 9. The van der Waals surface area contributed by atoms with Crippen LogP contribution in [-0.2, 0) is 52.6 Å². The number of nitrogens with one attached hydrogen (secondary N) is 4. The molecule has 28 heteroatoms. The van der Waals surface area contributed by atoms with Crippen molar-refractivity contribution in [3.8, 4) is 11.5 Å². The Balaban J connectivity index is 1.32. The first-order valence-electron chi connectivity index (χ1n) is 30.7. The molecule has 0 radical (unpaired) electrons. The summed E-state index contributed by atoms with van der Waals surface area (Å²) in [6.45, 7) is 18.7. The molecule has 7 N–H and O–H groups in total. The molecule has 90 heavy (non-hydrogen) atoms. The number of benzene rings is 2. The van der Waals surface area contributed by atoms with E-state index in [1.165, 1.54) is 75.8 Å². The van der Waals surface area contributed by atoms with Crippen molar-refractivity contribution < 1.29 is 71.7 Å². The lowest BCUT2D eigenvalue weighted by atomic mass is 9.98. The van der Waals surface area contributed by atoms with Crippen LogP contribution in [0.2, 0.25) is 0 Å². The average molecular weight is 1260 g/mol. The molecule has 9 amide bonds. The third-order valence-corrected chi connectivity index (χ3v) is 17.7. The molecule has 28 nitrogen and oxygen atoms in total. The van der Waals surface area contributed by atoms with E-state index >= 15 is 9.59 Å². The number of nitrogen functional groups attached to an aromatic ring is 1. The number of aliphatic hydroxyl groups is 1. The van der Waals surface area contributed by atoms with Crippen LogP contribution < -0.4 is 32.4 Å². The number of esters is 2. The molecule has 11 atom stereocenters. The van der Waals surface area contributed by atoms with Gasteiger partial charge in [0.05, 0.1) is 42.0 Å². The molecule has 7 rings (SSSR count). The molecule has 0 saturated carbocycles. The summed E-state index contributed by atoms with van der Waals surface area (Å²) in [4.78, 5) is 185. The third-order valence-electron chi connectivity index (χ3n) is 17.7. The van der Waals surface area contributed by atoms with Crippen molar-refractivity contribution in [1.82, 2.24) is 55.7 Å². The first kappa shape index (κ1) is 69.2. The molecular weight excluding hydrogens is 1170 g/mol. The standard InChI is InChI=1S/C62H88N12O16/c1-27(2)42-59(84)73-23-17-19-36(73)57(82)69(13)25-38(75)71(15)48(29(5)6)61(86)88-33(11)44(55(80)65-42)67-53(78)35-22-21-31(9)51-46(35)64-47-40(41(63)50(77)32(10)52(47)90-51)54(79)68-45-34(12)89-62(87)49(30(7)8)72(16)39(76)26-70(14)58(83)37-20-18-24-74(37)60(85)43(28(3)4)66-56(45)81/h21-22,27-30,33-34,36-37,42-45,48-49,59,84H,17-20,23-26,63H2,1-16H3,(H,65,80)(H,66,81)(H,67,78)(H,68,79)/t33-,34-,36-,37-,42+,43+,44-,45-,48-,49-,59?/m0/s1. The lowest BCUT2D eigenvalue weighted by molar-refractivity contribution is -0.163. The number of cyclic esters (lactones) is 2. The topological polar surface area (TPSA) is 363 Å². The second-order valence-electron chi connectivity index (χ2n) is 25.7. The van der Waals surface area contributed by atoms with E-state index < -0.39 is 185 Å². The molecule has 492 valence electrons. The van der Waals surface area contributed by atoms with Gasteiger partial charge in [0.15, 0.2) is 11.3 Å². The van der Waals surface area contributed by atoms with Crippen LogP contribution in [0.15, 0.2) is 21.3 Å². The van der Waals surface area contributed by atoms with Gasteiger partial charge in [-0.05, 0) is 88.7 Å². The van der Waals surface area contributed by atoms with E-state index in [0.717, 1.165) is 9.80 Å². The first-order valence-corrected chi connectivity index (χ1v) is 30.7. The summed E-state index contributed by atoms with van der Waals surface area (Å²) < 4.78 is 18.3. The maximum absolute atomic E-state index is 15.2. The Bertz CT molecular complexity index is 3370. The predicted octanol–water partition coefficient (Wildman–Crippen LogP) is 0.517. The smallest absolute Gasteiger partial charge is 0.329 e. The lowest BCUT2D eigenvalue weighted by Gasteiger charge is -2.39. The van der Waals surface area contributed by atoms with E-state index in [1.54, 1.807) is 67.2 Å². The predicted molar refractivity (Wildman–Crippen MR) is 326 cm³/mol. The number of hydrogen-bond donors (Lipinski definition) is 6. The molecule has 0 spiro atoms. The zero-order chi connectivity index (χ0) is 67.0. The Hall–Kier alpha value is -8.27. The van der Waals surface area contributed by atoms with Gasteiger partial charge in [0.1, 0.15) is 65.9 Å². The summed E-state index contributed by atoms with van der Waals surface area (Å²) in [6, 6.07) is -7.51. The molecule has 1 aliphatic carbocycles. The van der Waals surface area contributed by atoms with Gasteiger partial charge in [-0.15, -0.1) is 0 Å². The van der Waals surface area contributed by atoms with Gasteiger partial charge in [0.25, 0.3) is 11.8 Å². The normalized spacial score (nSPS) is 27.2. The third kappa shape index (κ3) is 13.9. The van der Waals surface area contributed by atoms with E-state index in [1.807, 2.05) is 0 Å². The van der Waals surface area contributed by atoms with Gasteiger partial charge in [-0.1, -0.05) is 61.5 Å². The molecule has 1 unspecified atom stereocenters. The number of carbonyl (C=O) groups is 11. The maximum Gasteiger partial charge on any atom is 0.329 e. The molecule has 6 aliphatic rings. The summed E-state index contributed by atoms with van der Waals surface area (Å²) >= 11 is 0. The number of fused-ring (bicyclic) bond motifs is 4. The van der Waals surface area contributed by atoms with Crippen molar-refractivity contribution in [1.29, 1.82) is 0 Å². The molecule has 0 bridgehead atoms. The molecule has 5 aliphatic heterocycles. The van der Waals surface area contributed by atoms with Crippen LogP contribution in [0.1, 0.15) is 127 Å². The minimum absolute atomic E-state index is 0.0647. The van der Waals surface area contributed by atoms with Crippen LogP contribution in [0.5, 0.6) is 0 Å². The number of aromatic nitrogens is 1. The number of carbonyl (C=O) groups excluding carboxylic acids is 11. The quantitative estimate of drug-likeness (QED) is 0.102. The van der Waals surface area contributed by atoms with Crippen LogP contribution in [0.25, 0.3) is 22.6 Å². The van der Waals surface area contributed by atoms with Crippen molar-refractivity contribution >= 4 is 81.9 Å². The number of nitrogens with two attached hydrogens (primary N) is 1. The number of aryl methyl sites for hydroxylation is 1. The second-order valence-corrected chi connectivity index (χ2v) is 25.7. The van der Waals surface area contributed by atoms with E-state index in [4.69, 9.17) is 24.6 Å². The van der Waals surface area contributed by atoms with Gasteiger partial charge in [-0.25, -0.2) is 14.6 Å². The van der Waals surface area contributed by atoms with Crippen LogP contribution in [0, 0.1) is 37.5 Å². The van der Waals surface area contributed by atoms with Gasteiger partial charge in [0.2, 0.25) is 46.8 Å². The fraction of sp³-hybridized carbons (Fsp3) is 0.629. The fourth-order valence-corrected chi connectivity index (χ4v) is 12.5. The molecule has 0 aromatic heterocycles. The van der Waals surface area contributed by atoms with Crippen molar-refractivity contribution in [2.45, 2.75) is 176 Å². The summed E-state index contributed by atoms with van der Waals surface area (Å²) in [5, 5.41) is 22.8. The van der Waals surface area contributed by atoms with Gasteiger partial charge >= 0.3 is 11.9 Å². The number of nitrogens with zero attached hydrogens (tertiary/aromatic N) is 7. The first-order chi connectivity index (χ1) is 42.1. The highest BCUT2D eigenvalue weighted by Gasteiger charge is 2.47. The number of anilines is 1. The minimum Gasteiger partial charge on any atom is -0.458 e. The molecule has 1 aromatic rings. The Morgan fingerprint density at radius 3 is 1.69 bits per heavy atom. The average Bonchev–Trinajstić information content (AvgIpc) is 0.893. The van der Waals surface area contributed by atoms with Crippen molar-refractivity contribution in [3.63, 3.8) is 0 Å². The number of rotatable bonds is 8. The molecule has 4 saturated heterocycles. The molecule has 4 fully saturated rings.